The first-order chi connectivity index (χ1) is 10.2. The van der Waals surface area contributed by atoms with E-state index in [2.05, 4.69) is 0 Å². The number of nitrogens with zero attached hydrogens (tertiary/aromatic N) is 1. The Kier molecular flexibility index (Phi) is 3.55. The lowest BCUT2D eigenvalue weighted by Gasteiger charge is -2.18. The second-order valence-corrected chi connectivity index (χ2v) is 4.56. The predicted molar refractivity (Wildman–Crippen MR) is 78.7 cm³/mol. The van der Waals surface area contributed by atoms with Gasteiger partial charge in [0.05, 0.1) is 10.5 Å². The summed E-state index contributed by atoms with van der Waals surface area (Å²) in [4.78, 5) is 10.9. The quantitative estimate of drug-likeness (QED) is 0.493. The van der Waals surface area contributed by atoms with Crippen LogP contribution in [0.2, 0.25) is 0 Å². The summed E-state index contributed by atoms with van der Waals surface area (Å²) < 4.78 is 10.9. The highest BCUT2D eigenvalue weighted by molar-refractivity contribution is 5.77. The first-order valence-corrected chi connectivity index (χ1v) is 6.55. The monoisotopic (exact) mass is 283 g/mol. The lowest BCUT2D eigenvalue weighted by atomic mass is 10.1. The summed E-state index contributed by atoms with van der Waals surface area (Å²) in [5.74, 6) is 1.28. The number of fused-ring (bicyclic) bond motifs is 1. The van der Waals surface area contributed by atoms with Crippen molar-refractivity contribution in [2.75, 3.05) is 13.2 Å². The molecule has 3 rings (SSSR count). The van der Waals surface area contributed by atoms with Gasteiger partial charge in [-0.3, -0.25) is 10.1 Å². The van der Waals surface area contributed by atoms with E-state index >= 15 is 0 Å². The van der Waals surface area contributed by atoms with E-state index in [1.807, 2.05) is 6.07 Å². The Labute approximate surface area is 121 Å². The summed E-state index contributed by atoms with van der Waals surface area (Å²) in [6.07, 6.45) is 1.54. The van der Waals surface area contributed by atoms with Crippen LogP contribution in [0.3, 0.4) is 0 Å². The van der Waals surface area contributed by atoms with Gasteiger partial charge in [0.2, 0.25) is 0 Å². The van der Waals surface area contributed by atoms with Gasteiger partial charge in [-0.1, -0.05) is 24.3 Å². The van der Waals surface area contributed by atoms with Gasteiger partial charge in [0.25, 0.3) is 5.70 Å². The SMILES string of the molecule is O=[N+]([O-])C(=Cc1ccc2c(c1)OCCO2)c1ccccc1. The second-order valence-electron chi connectivity index (χ2n) is 4.56. The molecule has 2 aromatic rings. The minimum Gasteiger partial charge on any atom is -0.486 e. The van der Waals surface area contributed by atoms with Crippen LogP contribution < -0.4 is 9.47 Å². The number of hydrogen-bond acceptors (Lipinski definition) is 4. The molecule has 5 heteroatoms. The van der Waals surface area contributed by atoms with E-state index in [1.165, 1.54) is 6.08 Å². The fourth-order valence-corrected chi connectivity index (χ4v) is 2.16. The van der Waals surface area contributed by atoms with E-state index in [4.69, 9.17) is 9.47 Å². The van der Waals surface area contributed by atoms with Crippen LogP contribution in [0.5, 0.6) is 11.5 Å². The summed E-state index contributed by atoms with van der Waals surface area (Å²) in [5, 5.41) is 11.3. The van der Waals surface area contributed by atoms with Crippen LogP contribution >= 0.6 is 0 Å². The third-order valence-corrected chi connectivity index (χ3v) is 3.14. The summed E-state index contributed by atoms with van der Waals surface area (Å²) in [7, 11) is 0. The lowest BCUT2D eigenvalue weighted by molar-refractivity contribution is -0.374. The lowest BCUT2D eigenvalue weighted by Crippen LogP contribution is -2.15. The highest BCUT2D eigenvalue weighted by Crippen LogP contribution is 2.32. The number of benzene rings is 2. The molecule has 0 atom stereocenters. The Bertz CT molecular complexity index is 695. The van der Waals surface area contributed by atoms with Crippen LogP contribution in [0.4, 0.5) is 0 Å². The number of hydrogen-bond donors (Lipinski definition) is 0. The third-order valence-electron chi connectivity index (χ3n) is 3.14. The summed E-state index contributed by atoms with van der Waals surface area (Å²) in [5.41, 5.74) is 1.32. The van der Waals surface area contributed by atoms with E-state index in [0.29, 0.717) is 35.8 Å². The van der Waals surface area contributed by atoms with Crippen LogP contribution in [0, 0.1) is 10.1 Å². The van der Waals surface area contributed by atoms with Crippen molar-refractivity contribution in [3.8, 4) is 11.5 Å². The Morgan fingerprint density at radius 3 is 2.48 bits per heavy atom. The summed E-state index contributed by atoms with van der Waals surface area (Å²) in [6, 6.07) is 14.1. The molecule has 5 nitrogen and oxygen atoms in total. The van der Waals surface area contributed by atoms with Crippen LogP contribution in [-0.2, 0) is 0 Å². The highest BCUT2D eigenvalue weighted by Gasteiger charge is 2.16. The predicted octanol–water partition coefficient (Wildman–Crippen LogP) is 3.23. The van der Waals surface area contributed by atoms with Gasteiger partial charge in [-0.25, -0.2) is 0 Å². The first-order valence-electron chi connectivity index (χ1n) is 6.55. The Morgan fingerprint density at radius 1 is 1.05 bits per heavy atom. The Morgan fingerprint density at radius 2 is 1.76 bits per heavy atom. The van der Waals surface area contributed by atoms with Crippen LogP contribution in [0.15, 0.2) is 48.5 Å². The van der Waals surface area contributed by atoms with Gasteiger partial charge in [-0.05, 0) is 29.8 Å². The van der Waals surface area contributed by atoms with Crippen LogP contribution in [-0.4, -0.2) is 18.1 Å². The van der Waals surface area contributed by atoms with Crippen molar-refractivity contribution in [2.45, 2.75) is 0 Å². The van der Waals surface area contributed by atoms with Crippen molar-refractivity contribution >= 4 is 11.8 Å². The number of ether oxygens (including phenoxy) is 2. The zero-order valence-corrected chi connectivity index (χ0v) is 11.2. The number of nitro groups is 1. The van der Waals surface area contributed by atoms with E-state index in [9.17, 15) is 10.1 Å². The molecule has 0 aromatic heterocycles. The van der Waals surface area contributed by atoms with Gasteiger partial charge in [-0.15, -0.1) is 0 Å². The molecule has 1 aliphatic rings. The van der Waals surface area contributed by atoms with Gasteiger partial charge in [-0.2, -0.15) is 0 Å². The molecule has 106 valence electrons. The zero-order valence-electron chi connectivity index (χ0n) is 11.2. The van der Waals surface area contributed by atoms with E-state index in [0.717, 1.165) is 0 Å². The van der Waals surface area contributed by atoms with Crippen molar-refractivity contribution < 1.29 is 14.4 Å². The molecule has 0 saturated heterocycles. The molecular weight excluding hydrogens is 270 g/mol. The van der Waals surface area contributed by atoms with E-state index in [1.54, 1.807) is 42.5 Å². The standard InChI is InChI=1S/C16H13NO4/c18-17(19)14(13-4-2-1-3-5-13)10-12-6-7-15-16(11-12)21-9-8-20-15/h1-7,10-11H,8-9H2. The average Bonchev–Trinajstić information content (AvgIpc) is 2.53. The Hall–Kier alpha value is -2.82. The van der Waals surface area contributed by atoms with Crippen LogP contribution in [0.25, 0.3) is 11.8 Å². The second kappa shape index (κ2) is 5.66. The van der Waals surface area contributed by atoms with Crippen LogP contribution in [0.1, 0.15) is 11.1 Å². The molecule has 0 bridgehead atoms. The topological polar surface area (TPSA) is 61.6 Å². The molecule has 0 amide bonds. The van der Waals surface area contributed by atoms with Gasteiger partial charge in [0.15, 0.2) is 11.5 Å². The fourth-order valence-electron chi connectivity index (χ4n) is 2.16. The molecule has 0 aliphatic carbocycles. The van der Waals surface area contributed by atoms with Gasteiger partial charge >= 0.3 is 0 Å². The van der Waals surface area contributed by atoms with Crippen molar-refractivity contribution in [3.63, 3.8) is 0 Å². The molecule has 0 saturated carbocycles. The average molecular weight is 283 g/mol. The van der Waals surface area contributed by atoms with Gasteiger partial charge < -0.3 is 9.47 Å². The van der Waals surface area contributed by atoms with E-state index in [-0.39, 0.29) is 10.6 Å². The molecule has 21 heavy (non-hydrogen) atoms. The third kappa shape index (κ3) is 2.86. The molecule has 0 N–H and O–H groups in total. The Balaban J connectivity index is 2.00. The molecule has 0 spiro atoms. The maximum atomic E-state index is 11.3. The van der Waals surface area contributed by atoms with Gasteiger partial charge in [0.1, 0.15) is 13.2 Å². The first kappa shape index (κ1) is 13.2. The van der Waals surface area contributed by atoms with Crippen molar-refractivity contribution in [1.29, 1.82) is 0 Å². The summed E-state index contributed by atoms with van der Waals surface area (Å²) >= 11 is 0. The van der Waals surface area contributed by atoms with Crippen molar-refractivity contribution in [3.05, 3.63) is 69.8 Å². The molecule has 1 aliphatic heterocycles. The van der Waals surface area contributed by atoms with Crippen molar-refractivity contribution in [2.24, 2.45) is 0 Å². The maximum Gasteiger partial charge on any atom is 0.277 e. The zero-order chi connectivity index (χ0) is 14.7. The molecule has 0 fully saturated rings. The fraction of sp³-hybridized carbons (Fsp3) is 0.125. The molecule has 2 aromatic carbocycles. The normalized spacial score (nSPS) is 13.8. The smallest absolute Gasteiger partial charge is 0.277 e. The maximum absolute atomic E-state index is 11.3. The van der Waals surface area contributed by atoms with E-state index < -0.39 is 0 Å². The molecule has 0 radical (unpaired) electrons. The molecule has 0 unspecified atom stereocenters. The molecular formula is C16H13NO4. The summed E-state index contributed by atoms with van der Waals surface area (Å²) in [6.45, 7) is 1.01. The highest BCUT2D eigenvalue weighted by atomic mass is 16.6. The minimum atomic E-state index is -0.383. The molecule has 1 heterocycles. The van der Waals surface area contributed by atoms with Crippen molar-refractivity contribution in [1.82, 2.24) is 0 Å². The van der Waals surface area contributed by atoms with Gasteiger partial charge in [0, 0.05) is 6.08 Å². The number of rotatable bonds is 3. The largest absolute Gasteiger partial charge is 0.486 e. The minimum absolute atomic E-state index is 0.0484.